The lowest BCUT2D eigenvalue weighted by atomic mass is 10.1. The van der Waals surface area contributed by atoms with Crippen LogP contribution in [0.25, 0.3) is 11.3 Å². The quantitative estimate of drug-likeness (QED) is 0.754. The summed E-state index contributed by atoms with van der Waals surface area (Å²) < 4.78 is 0.586. The number of hydrogen-bond acceptors (Lipinski definition) is 3. The van der Waals surface area contributed by atoms with E-state index in [9.17, 15) is 9.59 Å². The normalized spacial score (nSPS) is 10.8. The highest BCUT2D eigenvalue weighted by atomic mass is 79.9. The minimum atomic E-state index is -0.926. The molecule has 6 nitrogen and oxygen atoms in total. The number of H-pyrrole nitrogens is 1. The van der Waals surface area contributed by atoms with Gasteiger partial charge in [-0.1, -0.05) is 44.2 Å². The minimum Gasteiger partial charge on any atom is -0.481 e. The Hall–Kier alpha value is -2.15. The monoisotopic (exact) mass is 393 g/mol. The largest absolute Gasteiger partial charge is 0.481 e. The van der Waals surface area contributed by atoms with Crippen molar-refractivity contribution in [3.05, 3.63) is 40.5 Å². The number of aromatic amines is 1. The van der Waals surface area contributed by atoms with Gasteiger partial charge in [-0.25, -0.2) is 0 Å². The van der Waals surface area contributed by atoms with Crippen LogP contribution in [0.4, 0.5) is 0 Å². The number of nitrogens with zero attached hydrogens (tertiary/aromatic N) is 2. The second kappa shape index (κ2) is 8.10. The summed E-state index contributed by atoms with van der Waals surface area (Å²) in [6, 6.07) is 9.52. The predicted octanol–water partition coefficient (Wildman–Crippen LogP) is 3.41. The Bertz CT molecular complexity index is 713. The number of aromatic nitrogens is 2. The van der Waals surface area contributed by atoms with E-state index in [0.717, 1.165) is 5.56 Å². The molecule has 0 saturated heterocycles. The van der Waals surface area contributed by atoms with Gasteiger partial charge in [-0.3, -0.25) is 14.7 Å². The number of hydrogen-bond donors (Lipinski definition) is 2. The molecule has 128 valence electrons. The molecule has 2 aromatic rings. The lowest BCUT2D eigenvalue weighted by molar-refractivity contribution is -0.137. The first kappa shape index (κ1) is 18.2. The Morgan fingerprint density at radius 1 is 1.29 bits per heavy atom. The highest BCUT2D eigenvalue weighted by Gasteiger charge is 2.24. The summed E-state index contributed by atoms with van der Waals surface area (Å²) >= 11 is 3.45. The summed E-state index contributed by atoms with van der Waals surface area (Å²) in [5.74, 6) is -0.949. The Labute approximate surface area is 149 Å². The van der Waals surface area contributed by atoms with Crippen molar-refractivity contribution >= 4 is 27.8 Å². The van der Waals surface area contributed by atoms with Crippen LogP contribution in [-0.2, 0) is 4.79 Å². The van der Waals surface area contributed by atoms with Crippen molar-refractivity contribution in [3.8, 4) is 11.3 Å². The van der Waals surface area contributed by atoms with Gasteiger partial charge in [0.25, 0.3) is 5.91 Å². The molecule has 1 aromatic carbocycles. The molecule has 0 aliphatic carbocycles. The third kappa shape index (κ3) is 4.44. The molecule has 1 aromatic heterocycles. The van der Waals surface area contributed by atoms with Crippen LogP contribution in [0.2, 0.25) is 0 Å². The van der Waals surface area contributed by atoms with E-state index in [4.69, 9.17) is 5.11 Å². The zero-order chi connectivity index (χ0) is 17.7. The number of nitrogens with one attached hydrogen (secondary N) is 1. The van der Waals surface area contributed by atoms with E-state index in [2.05, 4.69) is 26.1 Å². The van der Waals surface area contributed by atoms with Crippen molar-refractivity contribution < 1.29 is 14.7 Å². The van der Waals surface area contributed by atoms with Crippen LogP contribution >= 0.6 is 15.9 Å². The Kier molecular flexibility index (Phi) is 6.14. The van der Waals surface area contributed by atoms with Crippen LogP contribution in [0.3, 0.4) is 0 Å². The Morgan fingerprint density at radius 2 is 1.96 bits per heavy atom. The van der Waals surface area contributed by atoms with Crippen molar-refractivity contribution in [2.75, 3.05) is 13.1 Å². The molecular weight excluding hydrogens is 374 g/mol. The lowest BCUT2D eigenvalue weighted by Gasteiger charge is -2.23. The molecular formula is C17H20BrN3O3. The number of halogens is 1. The Balaban J connectivity index is 2.26. The molecule has 1 heterocycles. The van der Waals surface area contributed by atoms with Gasteiger partial charge in [0.05, 0.1) is 10.9 Å². The maximum atomic E-state index is 12.8. The molecule has 0 spiro atoms. The number of carbonyl (C=O) groups is 2. The first-order valence-electron chi connectivity index (χ1n) is 7.70. The van der Waals surface area contributed by atoms with E-state index < -0.39 is 5.97 Å². The topological polar surface area (TPSA) is 86.3 Å². The first-order chi connectivity index (χ1) is 11.4. The summed E-state index contributed by atoms with van der Waals surface area (Å²) in [7, 11) is 0. The molecule has 0 radical (unpaired) electrons. The molecule has 0 aliphatic rings. The van der Waals surface area contributed by atoms with E-state index in [-0.39, 0.29) is 24.8 Å². The van der Waals surface area contributed by atoms with Gasteiger partial charge in [-0.2, -0.15) is 5.10 Å². The van der Waals surface area contributed by atoms with Crippen molar-refractivity contribution in [2.24, 2.45) is 5.92 Å². The van der Waals surface area contributed by atoms with Crippen LogP contribution in [0, 0.1) is 5.92 Å². The molecule has 0 bridgehead atoms. The molecule has 1 amide bonds. The molecule has 7 heteroatoms. The molecule has 0 unspecified atom stereocenters. The number of aliphatic carboxylic acids is 1. The van der Waals surface area contributed by atoms with Crippen molar-refractivity contribution in [2.45, 2.75) is 20.3 Å². The second-order valence-electron chi connectivity index (χ2n) is 5.92. The van der Waals surface area contributed by atoms with Crippen molar-refractivity contribution in [1.82, 2.24) is 15.1 Å². The number of benzene rings is 1. The molecule has 0 atom stereocenters. The molecule has 0 saturated carbocycles. The standard InChI is InChI=1S/C17H20BrN3O3/c1-11(2)10-21(9-8-13(22)23)17(24)16-14(18)15(19-20-16)12-6-4-3-5-7-12/h3-7,11H,8-10H2,1-2H3,(H,19,20)(H,22,23). The maximum Gasteiger partial charge on any atom is 0.305 e. The van der Waals surface area contributed by atoms with E-state index in [1.165, 1.54) is 0 Å². The molecule has 0 aliphatic heterocycles. The fourth-order valence-electron chi connectivity index (χ4n) is 2.36. The van der Waals surface area contributed by atoms with Crippen molar-refractivity contribution in [3.63, 3.8) is 0 Å². The maximum absolute atomic E-state index is 12.8. The van der Waals surface area contributed by atoms with E-state index in [0.29, 0.717) is 22.4 Å². The SMILES string of the molecule is CC(C)CN(CCC(=O)O)C(=O)c1[nH]nc(-c2ccccc2)c1Br. The fraction of sp³-hybridized carbons (Fsp3) is 0.353. The van der Waals surface area contributed by atoms with Gasteiger partial charge < -0.3 is 10.0 Å². The third-order valence-electron chi connectivity index (χ3n) is 3.44. The summed E-state index contributed by atoms with van der Waals surface area (Å²) in [5, 5.41) is 15.9. The van der Waals surface area contributed by atoms with Gasteiger partial charge in [-0.15, -0.1) is 0 Å². The van der Waals surface area contributed by atoms with Gasteiger partial charge in [0.2, 0.25) is 0 Å². The molecule has 0 fully saturated rings. The van der Waals surface area contributed by atoms with Gasteiger partial charge in [0.15, 0.2) is 0 Å². The second-order valence-corrected chi connectivity index (χ2v) is 6.71. The lowest BCUT2D eigenvalue weighted by Crippen LogP contribution is -2.36. The number of carboxylic acid groups (broad SMARTS) is 1. The summed E-state index contributed by atoms with van der Waals surface area (Å²) in [4.78, 5) is 25.2. The zero-order valence-electron chi connectivity index (χ0n) is 13.6. The third-order valence-corrected chi connectivity index (χ3v) is 4.21. The van der Waals surface area contributed by atoms with Gasteiger partial charge in [0, 0.05) is 18.7 Å². The number of carboxylic acids is 1. The van der Waals surface area contributed by atoms with Crippen LogP contribution in [0.15, 0.2) is 34.8 Å². The highest BCUT2D eigenvalue weighted by molar-refractivity contribution is 9.10. The first-order valence-corrected chi connectivity index (χ1v) is 8.49. The minimum absolute atomic E-state index is 0.0875. The summed E-state index contributed by atoms with van der Waals surface area (Å²) in [6.45, 7) is 4.62. The van der Waals surface area contributed by atoms with Gasteiger partial charge >= 0.3 is 5.97 Å². The number of rotatable bonds is 7. The molecule has 24 heavy (non-hydrogen) atoms. The predicted molar refractivity (Wildman–Crippen MR) is 94.7 cm³/mol. The Morgan fingerprint density at radius 3 is 2.54 bits per heavy atom. The number of carbonyl (C=O) groups excluding carboxylic acids is 1. The summed E-state index contributed by atoms with van der Waals surface area (Å²) in [5.41, 5.74) is 1.88. The van der Waals surface area contributed by atoms with Crippen LogP contribution < -0.4 is 0 Å². The van der Waals surface area contributed by atoms with E-state index >= 15 is 0 Å². The van der Waals surface area contributed by atoms with Crippen molar-refractivity contribution in [1.29, 1.82) is 0 Å². The average molecular weight is 394 g/mol. The van der Waals surface area contributed by atoms with Gasteiger partial charge in [-0.05, 0) is 21.8 Å². The molecule has 2 N–H and O–H groups in total. The molecule has 2 rings (SSSR count). The zero-order valence-corrected chi connectivity index (χ0v) is 15.2. The highest BCUT2D eigenvalue weighted by Crippen LogP contribution is 2.29. The van der Waals surface area contributed by atoms with Crippen LogP contribution in [-0.4, -0.2) is 45.2 Å². The van der Waals surface area contributed by atoms with Crippen LogP contribution in [0.1, 0.15) is 30.8 Å². The average Bonchev–Trinajstić information content (AvgIpc) is 2.92. The fourth-order valence-corrected chi connectivity index (χ4v) is 2.94. The van der Waals surface area contributed by atoms with Gasteiger partial charge in [0.1, 0.15) is 11.4 Å². The van der Waals surface area contributed by atoms with Crippen LogP contribution in [0.5, 0.6) is 0 Å². The van der Waals surface area contributed by atoms with E-state index in [1.54, 1.807) is 4.90 Å². The number of amides is 1. The summed E-state index contributed by atoms with van der Waals surface area (Å²) in [6.07, 6.45) is -0.0875. The van der Waals surface area contributed by atoms with E-state index in [1.807, 2.05) is 44.2 Å². The smallest absolute Gasteiger partial charge is 0.305 e.